The second kappa shape index (κ2) is 11.3. The van der Waals surface area contributed by atoms with Crippen LogP contribution in [0.4, 0.5) is 13.2 Å². The smallest absolute Gasteiger partial charge is 0.359 e. The Morgan fingerprint density at radius 1 is 0.919 bits per heavy atom. The topological polar surface area (TPSA) is 54.0 Å². The van der Waals surface area contributed by atoms with Crippen molar-refractivity contribution in [3.8, 4) is 0 Å². The Bertz CT molecular complexity index is 831. The van der Waals surface area contributed by atoms with Crippen LogP contribution in [0, 0.1) is 46.3 Å². The van der Waals surface area contributed by atoms with Gasteiger partial charge in [0.05, 0.1) is 12.2 Å². The van der Waals surface area contributed by atoms with Gasteiger partial charge in [0.2, 0.25) is 0 Å². The van der Waals surface area contributed by atoms with Crippen molar-refractivity contribution >= 4 is 5.78 Å². The molecule has 0 aliphatic heterocycles. The fourth-order valence-electron chi connectivity index (χ4n) is 9.28. The molecule has 0 aromatic rings. The SMILES string of the molecule is COCO[C@@H]1CC[C@]2(C)[C@H]3CC[C@]4(C)[C@@H]([C@H](C)C(=O)/C=C/C(F)(F)F)CC[C@H]4[C@@H]3C[C@H](OCOC)[C@@H]2C1. The van der Waals surface area contributed by atoms with E-state index in [1.165, 1.54) is 0 Å². The standard InChI is InChI=1S/C29H45F3O5/c1-18(25(33)10-13-29(30,31)32)21-6-7-22-20-15-26(37-17-35-5)24-14-19(36-16-34-4)8-11-28(24,3)23(20)9-12-27(21,22)2/h10,13,18-24,26H,6-9,11-12,14-17H2,1-5H3/b13-10+/t18-,19+,20-,21+,22-,23-,24-,26-,27+,28+/m0/s1. The zero-order chi connectivity index (χ0) is 27.0. The zero-order valence-electron chi connectivity index (χ0n) is 23.0. The summed E-state index contributed by atoms with van der Waals surface area (Å²) >= 11 is 0. The first-order valence-corrected chi connectivity index (χ1v) is 14.0. The number of carbonyl (C=O) groups is 1. The maximum absolute atomic E-state index is 12.7. The molecular formula is C29H45F3O5. The number of rotatable bonds is 9. The van der Waals surface area contributed by atoms with Gasteiger partial charge in [-0.05, 0) is 97.9 Å². The second-order valence-electron chi connectivity index (χ2n) is 12.6. The minimum atomic E-state index is -4.46. The van der Waals surface area contributed by atoms with Crippen LogP contribution >= 0.6 is 0 Å². The van der Waals surface area contributed by atoms with E-state index in [-0.39, 0.29) is 41.8 Å². The van der Waals surface area contributed by atoms with Crippen molar-refractivity contribution in [2.75, 3.05) is 27.8 Å². The molecule has 0 radical (unpaired) electrons. The summed E-state index contributed by atoms with van der Waals surface area (Å²) in [5.74, 6) is 1.18. The summed E-state index contributed by atoms with van der Waals surface area (Å²) in [6.45, 7) is 7.16. The first kappa shape index (κ1) is 29.0. The molecule has 4 rings (SSSR count). The number of methoxy groups -OCH3 is 2. The lowest BCUT2D eigenvalue weighted by atomic mass is 9.43. The lowest BCUT2D eigenvalue weighted by Crippen LogP contribution is -2.59. The predicted molar refractivity (Wildman–Crippen MR) is 133 cm³/mol. The lowest BCUT2D eigenvalue weighted by Gasteiger charge is -2.63. The van der Waals surface area contributed by atoms with Gasteiger partial charge in [-0.3, -0.25) is 4.79 Å². The number of carbonyl (C=O) groups excluding carboxylic acids is 1. The maximum Gasteiger partial charge on any atom is 0.409 e. The molecular weight excluding hydrogens is 485 g/mol. The third kappa shape index (κ3) is 5.68. The minimum absolute atomic E-state index is 0.0455. The molecule has 0 bridgehead atoms. The predicted octanol–water partition coefficient (Wildman–Crippen LogP) is 6.56. The van der Waals surface area contributed by atoms with Crippen molar-refractivity contribution in [1.82, 2.24) is 0 Å². The summed E-state index contributed by atoms with van der Waals surface area (Å²) in [6, 6.07) is 0. The fraction of sp³-hybridized carbons (Fsp3) is 0.897. The van der Waals surface area contributed by atoms with Gasteiger partial charge in [-0.1, -0.05) is 20.8 Å². The minimum Gasteiger partial charge on any atom is -0.359 e. The molecule has 4 aliphatic rings. The van der Waals surface area contributed by atoms with Crippen molar-refractivity contribution in [2.45, 2.75) is 90.5 Å². The number of ketones is 1. The molecule has 212 valence electrons. The van der Waals surface area contributed by atoms with E-state index < -0.39 is 17.9 Å². The molecule has 0 spiro atoms. The van der Waals surface area contributed by atoms with Crippen molar-refractivity contribution < 1.29 is 36.9 Å². The van der Waals surface area contributed by atoms with Gasteiger partial charge in [-0.15, -0.1) is 0 Å². The third-order valence-corrected chi connectivity index (χ3v) is 11.0. The van der Waals surface area contributed by atoms with Crippen LogP contribution in [0.25, 0.3) is 0 Å². The summed E-state index contributed by atoms with van der Waals surface area (Å²) in [6.07, 6.45) is 4.70. The van der Waals surface area contributed by atoms with Gasteiger partial charge in [-0.25, -0.2) is 0 Å². The molecule has 0 aromatic carbocycles. The molecule has 0 saturated heterocycles. The molecule has 4 aliphatic carbocycles. The number of halogens is 3. The average Bonchev–Trinajstić information content (AvgIpc) is 3.21. The van der Waals surface area contributed by atoms with E-state index >= 15 is 0 Å². The van der Waals surface area contributed by atoms with E-state index in [0.717, 1.165) is 57.4 Å². The van der Waals surface area contributed by atoms with Gasteiger partial charge < -0.3 is 18.9 Å². The summed E-state index contributed by atoms with van der Waals surface area (Å²) in [5, 5.41) is 0. The Balaban J connectivity index is 1.55. The van der Waals surface area contributed by atoms with Crippen LogP contribution in [-0.4, -0.2) is 52.0 Å². The van der Waals surface area contributed by atoms with Crippen LogP contribution in [0.2, 0.25) is 0 Å². The number of alkyl halides is 3. The Labute approximate surface area is 219 Å². The van der Waals surface area contributed by atoms with Crippen LogP contribution < -0.4 is 0 Å². The normalized spacial score (nSPS) is 42.8. The van der Waals surface area contributed by atoms with Crippen LogP contribution in [0.15, 0.2) is 12.2 Å². The molecule has 0 amide bonds. The zero-order valence-corrected chi connectivity index (χ0v) is 23.0. The first-order valence-electron chi connectivity index (χ1n) is 14.0. The molecule has 0 heterocycles. The van der Waals surface area contributed by atoms with Crippen molar-refractivity contribution in [3.05, 3.63) is 12.2 Å². The lowest BCUT2D eigenvalue weighted by molar-refractivity contribution is -0.214. The maximum atomic E-state index is 12.7. The molecule has 37 heavy (non-hydrogen) atoms. The van der Waals surface area contributed by atoms with Gasteiger partial charge in [0.1, 0.15) is 13.6 Å². The van der Waals surface area contributed by atoms with Gasteiger partial charge in [0.25, 0.3) is 0 Å². The van der Waals surface area contributed by atoms with Gasteiger partial charge in [0, 0.05) is 26.2 Å². The largest absolute Gasteiger partial charge is 0.409 e. The number of allylic oxidation sites excluding steroid dienone is 2. The summed E-state index contributed by atoms with van der Waals surface area (Å²) in [5.41, 5.74) is 0.0979. The van der Waals surface area contributed by atoms with Crippen LogP contribution in [0.3, 0.4) is 0 Å². The van der Waals surface area contributed by atoms with E-state index in [4.69, 9.17) is 18.9 Å². The summed E-state index contributed by atoms with van der Waals surface area (Å²) < 4.78 is 60.9. The highest BCUT2D eigenvalue weighted by atomic mass is 19.4. The van der Waals surface area contributed by atoms with Gasteiger partial charge in [-0.2, -0.15) is 13.2 Å². The highest BCUT2D eigenvalue weighted by molar-refractivity contribution is 5.91. The third-order valence-electron chi connectivity index (χ3n) is 11.0. The molecule has 10 atom stereocenters. The summed E-state index contributed by atoms with van der Waals surface area (Å²) in [4.78, 5) is 12.7. The molecule has 8 heteroatoms. The first-order chi connectivity index (χ1) is 17.4. The number of fused-ring (bicyclic) bond motifs is 5. The van der Waals surface area contributed by atoms with Crippen LogP contribution in [0.1, 0.15) is 72.1 Å². The Morgan fingerprint density at radius 2 is 1.57 bits per heavy atom. The van der Waals surface area contributed by atoms with E-state index in [2.05, 4.69) is 13.8 Å². The van der Waals surface area contributed by atoms with Crippen LogP contribution in [-0.2, 0) is 23.7 Å². The highest BCUT2D eigenvalue weighted by Crippen LogP contribution is 2.68. The molecule has 4 fully saturated rings. The Hall–Kier alpha value is -0.960. The molecule has 0 N–H and O–H groups in total. The van der Waals surface area contributed by atoms with E-state index in [1.807, 2.05) is 6.92 Å². The average molecular weight is 531 g/mol. The number of hydrogen-bond acceptors (Lipinski definition) is 5. The van der Waals surface area contributed by atoms with Gasteiger partial charge >= 0.3 is 6.18 Å². The Kier molecular flexibility index (Phi) is 8.84. The van der Waals surface area contributed by atoms with Crippen molar-refractivity contribution in [2.24, 2.45) is 46.3 Å². The Morgan fingerprint density at radius 3 is 2.24 bits per heavy atom. The van der Waals surface area contributed by atoms with Crippen LogP contribution in [0.5, 0.6) is 0 Å². The van der Waals surface area contributed by atoms with E-state index in [0.29, 0.717) is 30.5 Å². The molecule has 0 unspecified atom stereocenters. The van der Waals surface area contributed by atoms with Crippen molar-refractivity contribution in [3.63, 3.8) is 0 Å². The molecule has 4 saturated carbocycles. The second-order valence-corrected chi connectivity index (χ2v) is 12.6. The van der Waals surface area contributed by atoms with E-state index in [9.17, 15) is 18.0 Å². The van der Waals surface area contributed by atoms with Gasteiger partial charge in [0.15, 0.2) is 5.78 Å². The quantitative estimate of drug-likeness (QED) is 0.250. The monoisotopic (exact) mass is 530 g/mol. The fourth-order valence-corrected chi connectivity index (χ4v) is 9.28. The highest BCUT2D eigenvalue weighted by Gasteiger charge is 2.63. The van der Waals surface area contributed by atoms with E-state index in [1.54, 1.807) is 14.2 Å². The molecule has 0 aromatic heterocycles. The number of hydrogen-bond donors (Lipinski definition) is 0. The number of ether oxygens (including phenoxy) is 4. The van der Waals surface area contributed by atoms with Crippen molar-refractivity contribution in [1.29, 1.82) is 0 Å². The summed E-state index contributed by atoms with van der Waals surface area (Å²) in [7, 11) is 3.30. The molecule has 5 nitrogen and oxygen atoms in total.